The summed E-state index contributed by atoms with van der Waals surface area (Å²) in [6, 6.07) is 21.3. The number of carbonyl (C=O) groups is 1. The summed E-state index contributed by atoms with van der Waals surface area (Å²) in [5.74, 6) is 1.00. The molecule has 0 aliphatic carbocycles. The van der Waals surface area contributed by atoms with Crippen LogP contribution in [-0.4, -0.2) is 32.4 Å². The minimum Gasteiger partial charge on any atom is -0.497 e. The van der Waals surface area contributed by atoms with E-state index in [1.807, 2.05) is 0 Å². The lowest BCUT2D eigenvalue weighted by Gasteiger charge is -2.31. The summed E-state index contributed by atoms with van der Waals surface area (Å²) < 4.78 is 15.7. The van der Waals surface area contributed by atoms with Crippen molar-refractivity contribution in [1.82, 2.24) is 0 Å². The van der Waals surface area contributed by atoms with Crippen molar-refractivity contribution in [2.24, 2.45) is 0 Å². The number of aliphatic carboxylic acids is 1. The van der Waals surface area contributed by atoms with Gasteiger partial charge in [0.05, 0.1) is 21.3 Å². The molecule has 0 aromatic heterocycles. The Bertz CT molecular complexity index is 813. The lowest BCUT2D eigenvalue weighted by molar-refractivity contribution is -0.140. The van der Waals surface area contributed by atoms with E-state index in [1.54, 1.807) is 94.1 Å². The van der Waals surface area contributed by atoms with Gasteiger partial charge in [-0.2, -0.15) is 0 Å². The van der Waals surface area contributed by atoms with E-state index in [9.17, 15) is 9.90 Å². The quantitative estimate of drug-likeness (QED) is 0.626. The Kier molecular flexibility index (Phi) is 5.54. The zero-order valence-corrected chi connectivity index (χ0v) is 16.0. The molecule has 0 fully saturated rings. The first-order valence-electron chi connectivity index (χ1n) is 8.73. The maximum atomic E-state index is 12.8. The maximum absolute atomic E-state index is 12.8. The van der Waals surface area contributed by atoms with E-state index in [0.29, 0.717) is 33.9 Å². The summed E-state index contributed by atoms with van der Waals surface area (Å²) in [4.78, 5) is 12.8. The highest BCUT2D eigenvalue weighted by atomic mass is 16.5. The van der Waals surface area contributed by atoms with Crippen molar-refractivity contribution in [3.05, 3.63) is 89.5 Å². The van der Waals surface area contributed by atoms with Crippen LogP contribution in [0.25, 0.3) is 0 Å². The topological polar surface area (TPSA) is 65.0 Å². The monoisotopic (exact) mass is 378 g/mol. The summed E-state index contributed by atoms with van der Waals surface area (Å²) in [6.45, 7) is 0. The van der Waals surface area contributed by atoms with Crippen LogP contribution in [0.15, 0.2) is 72.8 Å². The van der Waals surface area contributed by atoms with Crippen LogP contribution in [0.2, 0.25) is 0 Å². The molecule has 0 aliphatic heterocycles. The Morgan fingerprint density at radius 1 is 0.607 bits per heavy atom. The normalized spacial score (nSPS) is 11.0. The van der Waals surface area contributed by atoms with Crippen molar-refractivity contribution in [1.29, 1.82) is 0 Å². The Hall–Kier alpha value is -3.47. The van der Waals surface area contributed by atoms with Crippen LogP contribution < -0.4 is 14.2 Å². The third-order valence-electron chi connectivity index (χ3n) is 4.89. The molecule has 5 heteroatoms. The Balaban J connectivity index is 2.28. The van der Waals surface area contributed by atoms with E-state index in [1.165, 1.54) is 0 Å². The molecule has 0 heterocycles. The molecule has 0 amide bonds. The van der Waals surface area contributed by atoms with Crippen molar-refractivity contribution in [2.75, 3.05) is 21.3 Å². The van der Waals surface area contributed by atoms with Gasteiger partial charge < -0.3 is 19.3 Å². The standard InChI is InChI=1S/C23H22O5/c1-26-19-10-4-16(5-11-19)23(22(24)25,17-6-12-20(27-2)13-7-17)18-8-14-21(28-3)15-9-18/h4-15H,1-3H3,(H,24,25). The molecular weight excluding hydrogens is 356 g/mol. The van der Waals surface area contributed by atoms with Crippen LogP contribution in [0.3, 0.4) is 0 Å². The second-order valence-corrected chi connectivity index (χ2v) is 6.24. The zero-order valence-electron chi connectivity index (χ0n) is 16.0. The highest BCUT2D eigenvalue weighted by molar-refractivity contribution is 5.91. The second-order valence-electron chi connectivity index (χ2n) is 6.24. The molecule has 3 aromatic rings. The molecule has 0 atom stereocenters. The Labute approximate surface area is 164 Å². The lowest BCUT2D eigenvalue weighted by atomic mass is 9.69. The number of carboxylic acid groups (broad SMARTS) is 1. The highest BCUT2D eigenvalue weighted by Gasteiger charge is 2.44. The molecule has 1 N–H and O–H groups in total. The van der Waals surface area contributed by atoms with Gasteiger partial charge in [-0.1, -0.05) is 36.4 Å². The van der Waals surface area contributed by atoms with Gasteiger partial charge in [-0.15, -0.1) is 0 Å². The first-order valence-corrected chi connectivity index (χ1v) is 8.73. The van der Waals surface area contributed by atoms with Crippen LogP contribution in [0.1, 0.15) is 16.7 Å². The van der Waals surface area contributed by atoms with E-state index in [-0.39, 0.29) is 0 Å². The fourth-order valence-electron chi connectivity index (χ4n) is 3.39. The largest absolute Gasteiger partial charge is 0.497 e. The minimum atomic E-state index is -1.40. The fourth-order valence-corrected chi connectivity index (χ4v) is 3.39. The number of carboxylic acids is 1. The van der Waals surface area contributed by atoms with Crippen molar-refractivity contribution in [3.8, 4) is 17.2 Å². The first-order chi connectivity index (χ1) is 13.6. The molecule has 0 saturated heterocycles. The van der Waals surface area contributed by atoms with Gasteiger partial charge in [0.2, 0.25) is 0 Å². The molecule has 0 spiro atoms. The Morgan fingerprint density at radius 2 is 0.857 bits per heavy atom. The molecular formula is C23H22O5. The van der Waals surface area contributed by atoms with E-state index in [4.69, 9.17) is 14.2 Å². The summed E-state index contributed by atoms with van der Waals surface area (Å²) in [6.07, 6.45) is 0. The van der Waals surface area contributed by atoms with Crippen molar-refractivity contribution < 1.29 is 24.1 Å². The molecule has 3 aromatic carbocycles. The van der Waals surface area contributed by atoms with Gasteiger partial charge in [-0.25, -0.2) is 0 Å². The molecule has 0 saturated carbocycles. The van der Waals surface area contributed by atoms with Gasteiger partial charge in [-0.05, 0) is 53.1 Å². The molecule has 0 bridgehead atoms. The zero-order chi connectivity index (χ0) is 20.1. The van der Waals surface area contributed by atoms with Gasteiger partial charge in [0.25, 0.3) is 0 Å². The molecule has 144 valence electrons. The molecule has 28 heavy (non-hydrogen) atoms. The van der Waals surface area contributed by atoms with E-state index in [0.717, 1.165) is 0 Å². The Morgan fingerprint density at radius 3 is 1.04 bits per heavy atom. The third kappa shape index (κ3) is 3.27. The van der Waals surface area contributed by atoms with Gasteiger partial charge in [0.1, 0.15) is 22.7 Å². The highest BCUT2D eigenvalue weighted by Crippen LogP contribution is 2.41. The van der Waals surface area contributed by atoms with Crippen LogP contribution in [0.4, 0.5) is 0 Å². The number of methoxy groups -OCH3 is 3. The smallest absolute Gasteiger partial charge is 0.323 e. The molecule has 0 unspecified atom stereocenters. The number of ether oxygens (including phenoxy) is 3. The van der Waals surface area contributed by atoms with Crippen LogP contribution in [0.5, 0.6) is 17.2 Å². The van der Waals surface area contributed by atoms with Crippen LogP contribution in [-0.2, 0) is 10.2 Å². The van der Waals surface area contributed by atoms with Crippen molar-refractivity contribution in [3.63, 3.8) is 0 Å². The predicted octanol–water partition coefficient (Wildman–Crippen LogP) is 4.13. The van der Waals surface area contributed by atoms with Gasteiger partial charge in [0, 0.05) is 0 Å². The first kappa shape index (κ1) is 19.3. The van der Waals surface area contributed by atoms with Crippen LogP contribution in [0, 0.1) is 0 Å². The summed E-state index contributed by atoms with van der Waals surface area (Å²) in [5.41, 5.74) is 0.466. The summed E-state index contributed by atoms with van der Waals surface area (Å²) in [5, 5.41) is 10.5. The number of benzene rings is 3. The predicted molar refractivity (Wildman–Crippen MR) is 106 cm³/mol. The molecule has 5 nitrogen and oxygen atoms in total. The molecule has 0 aliphatic rings. The average molecular weight is 378 g/mol. The molecule has 0 radical (unpaired) electrons. The third-order valence-corrected chi connectivity index (χ3v) is 4.89. The summed E-state index contributed by atoms with van der Waals surface area (Å²) >= 11 is 0. The number of hydrogen-bond donors (Lipinski definition) is 1. The summed E-state index contributed by atoms with van der Waals surface area (Å²) in [7, 11) is 4.73. The maximum Gasteiger partial charge on any atom is 0.323 e. The van der Waals surface area contributed by atoms with E-state index >= 15 is 0 Å². The minimum absolute atomic E-state index is 0.621. The van der Waals surface area contributed by atoms with E-state index < -0.39 is 11.4 Å². The number of rotatable bonds is 7. The fraction of sp³-hybridized carbons (Fsp3) is 0.174. The van der Waals surface area contributed by atoms with Gasteiger partial charge in [-0.3, -0.25) is 4.79 Å². The number of hydrogen-bond acceptors (Lipinski definition) is 4. The van der Waals surface area contributed by atoms with Crippen molar-refractivity contribution in [2.45, 2.75) is 5.41 Å². The van der Waals surface area contributed by atoms with Crippen molar-refractivity contribution >= 4 is 5.97 Å². The molecule has 3 rings (SSSR count). The van der Waals surface area contributed by atoms with Gasteiger partial charge >= 0.3 is 5.97 Å². The average Bonchev–Trinajstić information content (AvgIpc) is 2.75. The van der Waals surface area contributed by atoms with E-state index in [2.05, 4.69) is 0 Å². The van der Waals surface area contributed by atoms with Gasteiger partial charge in [0.15, 0.2) is 0 Å². The SMILES string of the molecule is COc1ccc(C(C(=O)O)(c2ccc(OC)cc2)c2ccc(OC)cc2)cc1. The van der Waals surface area contributed by atoms with Crippen LogP contribution >= 0.6 is 0 Å². The lowest BCUT2D eigenvalue weighted by Crippen LogP contribution is -2.38. The second kappa shape index (κ2) is 8.05.